The van der Waals surface area contributed by atoms with E-state index in [-0.39, 0.29) is 28.3 Å². The molecule has 0 unspecified atom stereocenters. The van der Waals surface area contributed by atoms with Gasteiger partial charge in [0, 0.05) is 68.6 Å². The summed E-state index contributed by atoms with van der Waals surface area (Å²) in [4.78, 5) is 50.8. The molecule has 0 amide bonds. The largest absolute Gasteiger partial charge is 0.398 e. The molecular weight excluding hydrogens is 811 g/mol. The fourth-order valence-electron chi connectivity index (χ4n) is 11.0. The standard InChI is InChI=1S/C54H29N7O4/c1-24(2)4-5-25-20-40-43(22-39(25)55)59-51(57-40)35-14-10-31-27-6-9-30-34-13-17-38-50-36(52-58-41-21-26(18-19-56-3)42(61(64)65)23-44(41)60(52)54(38)63)15-11-32(48(34)50)28-7-8-29(45(27)46(28)30)33-12-16-37(53(59)62)49(35)47(31)33/h6-17,20-24,56H,55H2,1-3H3. The maximum atomic E-state index is 14.6. The van der Waals surface area contributed by atoms with E-state index in [1.54, 1.807) is 17.5 Å². The summed E-state index contributed by atoms with van der Waals surface area (Å²) in [5, 5.41) is 32.0. The molecule has 0 radical (unpaired) electrons. The van der Waals surface area contributed by atoms with Crippen LogP contribution in [0, 0.1) is 39.8 Å². The molecule has 14 rings (SSSR count). The van der Waals surface area contributed by atoms with E-state index in [0.29, 0.717) is 55.4 Å². The Morgan fingerprint density at radius 3 is 1.37 bits per heavy atom. The van der Waals surface area contributed by atoms with Crippen LogP contribution in [-0.4, -0.2) is 30.7 Å². The molecule has 14 aromatic rings. The van der Waals surface area contributed by atoms with Crippen molar-refractivity contribution in [3.8, 4) is 23.8 Å². The molecule has 0 aliphatic rings. The number of pyridine rings is 2. The van der Waals surface area contributed by atoms with Gasteiger partial charge in [-0.1, -0.05) is 74.2 Å². The molecule has 0 atom stereocenters. The minimum Gasteiger partial charge on any atom is -0.398 e. The molecule has 11 heteroatoms. The smallest absolute Gasteiger partial charge is 0.287 e. The van der Waals surface area contributed by atoms with E-state index in [1.807, 2.05) is 50.2 Å². The molecule has 4 heterocycles. The van der Waals surface area contributed by atoms with Crippen LogP contribution >= 0.6 is 0 Å². The number of anilines is 1. The van der Waals surface area contributed by atoms with Crippen molar-refractivity contribution in [3.63, 3.8) is 0 Å². The monoisotopic (exact) mass is 839 g/mol. The van der Waals surface area contributed by atoms with Crippen LogP contribution in [0.5, 0.6) is 0 Å². The lowest BCUT2D eigenvalue weighted by Gasteiger charge is -2.21. The molecule has 3 N–H and O–H groups in total. The number of hydrogen-bond donors (Lipinski definition) is 2. The second kappa shape index (κ2) is 11.9. The van der Waals surface area contributed by atoms with Gasteiger partial charge in [0.2, 0.25) is 0 Å². The highest BCUT2D eigenvalue weighted by molar-refractivity contribution is 6.45. The number of rotatable bonds is 1. The maximum absolute atomic E-state index is 14.6. The number of imidazole rings is 2. The van der Waals surface area contributed by atoms with Crippen LogP contribution in [-0.2, 0) is 0 Å². The number of hydrogen-bond acceptors (Lipinski definition) is 8. The number of benzene rings is 10. The lowest BCUT2D eigenvalue weighted by Crippen LogP contribution is -2.13. The Kier molecular flexibility index (Phi) is 6.50. The van der Waals surface area contributed by atoms with Gasteiger partial charge in [0.25, 0.3) is 16.8 Å². The highest BCUT2D eigenvalue weighted by Crippen LogP contribution is 2.50. The van der Waals surface area contributed by atoms with Gasteiger partial charge in [-0.2, -0.15) is 0 Å². The van der Waals surface area contributed by atoms with Gasteiger partial charge in [0.1, 0.15) is 16.9 Å². The molecule has 0 spiro atoms. The first-order chi connectivity index (χ1) is 31.6. The third kappa shape index (κ3) is 4.27. The topological polar surface area (TPSA) is 150 Å². The number of aromatic nitrogens is 4. The highest BCUT2D eigenvalue weighted by Gasteiger charge is 2.26. The van der Waals surface area contributed by atoms with Crippen molar-refractivity contribution in [3.05, 3.63) is 139 Å². The summed E-state index contributed by atoms with van der Waals surface area (Å²) in [6.45, 7) is 4.06. The van der Waals surface area contributed by atoms with E-state index in [1.165, 1.54) is 10.5 Å². The summed E-state index contributed by atoms with van der Waals surface area (Å²) < 4.78 is 3.18. The van der Waals surface area contributed by atoms with Crippen molar-refractivity contribution in [1.82, 2.24) is 24.1 Å². The molecule has 0 aliphatic heterocycles. The maximum Gasteiger partial charge on any atom is 0.287 e. The van der Waals surface area contributed by atoms with E-state index >= 15 is 0 Å². The predicted molar refractivity (Wildman–Crippen MR) is 263 cm³/mol. The molecular formula is C54H29N7O4. The van der Waals surface area contributed by atoms with E-state index in [9.17, 15) is 19.7 Å². The average molecular weight is 840 g/mol. The number of nitrogens with two attached hydrogens (primary N) is 1. The molecule has 0 saturated carbocycles. The van der Waals surface area contributed by atoms with Gasteiger partial charge in [0.15, 0.2) is 0 Å². The number of nitrogens with zero attached hydrogens (tertiary/aromatic N) is 5. The van der Waals surface area contributed by atoms with Crippen molar-refractivity contribution in [2.45, 2.75) is 13.8 Å². The number of nitro benzene ring substituents is 1. The third-order valence-electron chi connectivity index (χ3n) is 13.6. The van der Waals surface area contributed by atoms with Gasteiger partial charge in [-0.05, 0) is 113 Å². The molecule has 0 saturated heterocycles. The van der Waals surface area contributed by atoms with E-state index < -0.39 is 4.92 Å². The lowest BCUT2D eigenvalue weighted by atomic mass is 9.82. The number of nitrogen functional groups attached to an aromatic ring is 1. The van der Waals surface area contributed by atoms with Crippen LogP contribution in [0.1, 0.15) is 25.0 Å². The Bertz CT molecular complexity index is 4760. The Morgan fingerprint density at radius 1 is 0.569 bits per heavy atom. The minimum atomic E-state index is -0.486. The highest BCUT2D eigenvalue weighted by atomic mass is 16.6. The summed E-state index contributed by atoms with van der Waals surface area (Å²) in [6.07, 6.45) is 0. The molecule has 304 valence electrons. The van der Waals surface area contributed by atoms with Crippen LogP contribution in [0.25, 0.3) is 130 Å². The molecule has 10 aromatic carbocycles. The van der Waals surface area contributed by atoms with E-state index in [0.717, 1.165) is 86.2 Å². The molecule has 0 bridgehead atoms. The summed E-state index contributed by atoms with van der Waals surface area (Å²) >= 11 is 0. The van der Waals surface area contributed by atoms with Crippen LogP contribution in [0.2, 0.25) is 0 Å². The number of fused-ring (bicyclic) bond motifs is 12. The zero-order valence-electron chi connectivity index (χ0n) is 34.8. The molecule has 4 aromatic heterocycles. The van der Waals surface area contributed by atoms with Crippen molar-refractivity contribution in [2.24, 2.45) is 5.92 Å². The fourth-order valence-corrected chi connectivity index (χ4v) is 11.0. The summed E-state index contributed by atoms with van der Waals surface area (Å²) in [7, 11) is 1.63. The normalized spacial score (nSPS) is 12.4. The van der Waals surface area contributed by atoms with Crippen molar-refractivity contribution < 1.29 is 4.92 Å². The van der Waals surface area contributed by atoms with Gasteiger partial charge in [-0.3, -0.25) is 28.5 Å². The van der Waals surface area contributed by atoms with Gasteiger partial charge < -0.3 is 11.1 Å². The molecule has 0 fully saturated rings. The average Bonchev–Trinajstić information content (AvgIpc) is 3.88. The van der Waals surface area contributed by atoms with Gasteiger partial charge in [-0.25, -0.2) is 9.97 Å². The first-order valence-electron chi connectivity index (χ1n) is 21.2. The van der Waals surface area contributed by atoms with E-state index in [2.05, 4.69) is 77.7 Å². The van der Waals surface area contributed by atoms with Crippen LogP contribution in [0.3, 0.4) is 0 Å². The first-order valence-corrected chi connectivity index (χ1v) is 21.2. The Morgan fingerprint density at radius 2 is 0.954 bits per heavy atom. The van der Waals surface area contributed by atoms with Gasteiger partial charge in [0.05, 0.1) is 27.0 Å². The van der Waals surface area contributed by atoms with Gasteiger partial charge >= 0.3 is 0 Å². The zero-order chi connectivity index (χ0) is 43.9. The van der Waals surface area contributed by atoms with Gasteiger partial charge in [-0.15, -0.1) is 0 Å². The SMILES string of the molecule is CNC#Cc1cc2nc3c4ccc5c6ccc7c8ccc9c(=O)n%10c%11cc(N)c(C#CC(C)C)cc%11nc%10c%10ccc(c%11ccc(c%12ccc(c(=O)n3c2cc1[N+](=O)[O-])c4c%125)c6c%117)c8c9%10. The zero-order valence-corrected chi connectivity index (χ0v) is 34.8. The summed E-state index contributed by atoms with van der Waals surface area (Å²) in [6, 6.07) is 34.4. The van der Waals surface area contributed by atoms with Crippen molar-refractivity contribution in [1.29, 1.82) is 0 Å². The molecule has 0 aliphatic carbocycles. The van der Waals surface area contributed by atoms with Crippen molar-refractivity contribution >= 4 is 142 Å². The molecule has 11 nitrogen and oxygen atoms in total. The number of nitro groups is 1. The minimum absolute atomic E-state index is 0.147. The van der Waals surface area contributed by atoms with E-state index in [4.69, 9.17) is 15.7 Å². The Labute approximate surface area is 364 Å². The van der Waals surface area contributed by atoms with Crippen LogP contribution in [0.15, 0.2) is 107 Å². The second-order valence-corrected chi connectivity index (χ2v) is 17.3. The fraction of sp³-hybridized carbons (Fsp3) is 0.0741. The summed E-state index contributed by atoms with van der Waals surface area (Å²) in [5.74, 6) is 9.37. The van der Waals surface area contributed by atoms with Crippen LogP contribution in [0.4, 0.5) is 11.4 Å². The Hall–Kier alpha value is -9.06. The number of nitrogens with one attached hydrogen (secondary N) is 1. The quantitative estimate of drug-likeness (QED) is 0.0316. The molecule has 65 heavy (non-hydrogen) atoms. The third-order valence-corrected chi connectivity index (χ3v) is 13.6. The summed E-state index contributed by atoms with van der Waals surface area (Å²) in [5.41, 5.74) is 10.4. The first kappa shape index (κ1) is 35.5. The lowest BCUT2D eigenvalue weighted by molar-refractivity contribution is -0.385. The van der Waals surface area contributed by atoms with Crippen LogP contribution < -0.4 is 22.2 Å². The van der Waals surface area contributed by atoms with Crippen molar-refractivity contribution in [2.75, 3.05) is 12.8 Å². The Balaban J connectivity index is 1.06. The predicted octanol–water partition coefficient (Wildman–Crippen LogP) is 10.2. The second-order valence-electron chi connectivity index (χ2n) is 17.3.